The van der Waals surface area contributed by atoms with E-state index in [4.69, 9.17) is 5.11 Å². The Morgan fingerprint density at radius 2 is 0.667 bits per heavy atom. The first-order valence-electron chi connectivity index (χ1n) is 14.3. The van der Waals surface area contributed by atoms with Gasteiger partial charge in [0, 0.05) is 6.61 Å². The molecule has 0 rings (SSSR count). The molecule has 0 aromatic heterocycles. The maximum Gasteiger partial charge on any atom is 0.0431 e. The molecule has 30 heavy (non-hydrogen) atoms. The summed E-state index contributed by atoms with van der Waals surface area (Å²) in [6, 6.07) is 0. The third-order valence-corrected chi connectivity index (χ3v) is 7.05. The second-order valence-electron chi connectivity index (χ2n) is 10.5. The highest BCUT2D eigenvalue weighted by atomic mass is 16.2. The average molecular weight is 425 g/mol. The fraction of sp³-hybridized carbons (Fsp3) is 1.00. The van der Waals surface area contributed by atoms with Gasteiger partial charge in [0.15, 0.2) is 0 Å². The van der Waals surface area contributed by atoms with Gasteiger partial charge < -0.3 is 5.11 Å². The van der Waals surface area contributed by atoms with Crippen LogP contribution in [0.3, 0.4) is 0 Å². The summed E-state index contributed by atoms with van der Waals surface area (Å²) in [6.45, 7) is 7.63. The van der Waals surface area contributed by atoms with Crippen molar-refractivity contribution >= 4 is 0 Å². The van der Waals surface area contributed by atoms with Crippen molar-refractivity contribution in [3.63, 3.8) is 0 Å². The number of rotatable bonds is 25. The fourth-order valence-corrected chi connectivity index (χ4v) is 4.74. The van der Waals surface area contributed by atoms with E-state index in [1.807, 2.05) is 0 Å². The lowest BCUT2D eigenvalue weighted by molar-refractivity contribution is 0.282. The van der Waals surface area contributed by atoms with E-state index in [2.05, 4.69) is 20.8 Å². The van der Waals surface area contributed by atoms with Gasteiger partial charge in [-0.2, -0.15) is 0 Å². The first-order chi connectivity index (χ1) is 14.7. The van der Waals surface area contributed by atoms with Crippen molar-refractivity contribution in [2.24, 2.45) is 11.8 Å². The van der Waals surface area contributed by atoms with Gasteiger partial charge in [-0.25, -0.2) is 0 Å². The van der Waals surface area contributed by atoms with Gasteiger partial charge in [-0.05, 0) is 18.3 Å². The van der Waals surface area contributed by atoms with Gasteiger partial charge in [0.05, 0.1) is 0 Å². The van der Waals surface area contributed by atoms with Crippen LogP contribution in [0.5, 0.6) is 0 Å². The minimum absolute atomic E-state index is 0.372. The molecule has 0 aromatic rings. The lowest BCUT2D eigenvalue weighted by Crippen LogP contribution is -1.97. The van der Waals surface area contributed by atoms with E-state index in [0.29, 0.717) is 6.61 Å². The molecular formula is C29H60O. The van der Waals surface area contributed by atoms with E-state index in [1.54, 1.807) is 0 Å². The average Bonchev–Trinajstić information content (AvgIpc) is 2.74. The van der Waals surface area contributed by atoms with Crippen LogP contribution in [0, 0.1) is 11.8 Å². The second-order valence-corrected chi connectivity index (χ2v) is 10.5. The third kappa shape index (κ3) is 24.2. The van der Waals surface area contributed by atoms with Gasteiger partial charge in [0.2, 0.25) is 0 Å². The van der Waals surface area contributed by atoms with Crippen LogP contribution in [0.4, 0.5) is 0 Å². The van der Waals surface area contributed by atoms with Crippen molar-refractivity contribution in [1.82, 2.24) is 0 Å². The Morgan fingerprint density at radius 1 is 0.400 bits per heavy atom. The zero-order chi connectivity index (χ0) is 22.1. The molecule has 0 fully saturated rings. The zero-order valence-corrected chi connectivity index (χ0v) is 21.6. The fourth-order valence-electron chi connectivity index (χ4n) is 4.74. The molecule has 1 N–H and O–H groups in total. The highest BCUT2D eigenvalue weighted by molar-refractivity contribution is 4.58. The van der Waals surface area contributed by atoms with E-state index in [9.17, 15) is 0 Å². The Bertz CT molecular complexity index is 301. The molecular weight excluding hydrogens is 364 g/mol. The van der Waals surface area contributed by atoms with Crippen LogP contribution in [-0.4, -0.2) is 11.7 Å². The lowest BCUT2D eigenvalue weighted by Gasteiger charge is -2.13. The second kappa shape index (κ2) is 25.2. The van der Waals surface area contributed by atoms with Crippen LogP contribution < -0.4 is 0 Å². The standard InChI is InChI=1S/C29H60O/c1-4-5-6-14-18-23-28(2)25-20-17-21-26-29(3)24-19-15-12-10-8-7-9-11-13-16-22-27-30/h28-30H,4-27H2,1-3H3. The van der Waals surface area contributed by atoms with Crippen LogP contribution in [0.1, 0.15) is 168 Å². The first-order valence-corrected chi connectivity index (χ1v) is 14.3. The molecule has 0 saturated heterocycles. The van der Waals surface area contributed by atoms with Crippen molar-refractivity contribution in [3.05, 3.63) is 0 Å². The Balaban J connectivity index is 3.24. The molecule has 0 spiro atoms. The minimum atomic E-state index is 0.372. The number of aliphatic hydroxyl groups is 1. The normalized spacial score (nSPS) is 13.6. The smallest absolute Gasteiger partial charge is 0.0431 e. The Morgan fingerprint density at radius 3 is 1.00 bits per heavy atom. The van der Waals surface area contributed by atoms with Crippen LogP contribution in [0.25, 0.3) is 0 Å². The predicted molar refractivity (Wildman–Crippen MR) is 137 cm³/mol. The summed E-state index contributed by atoms with van der Waals surface area (Å²) >= 11 is 0. The maximum absolute atomic E-state index is 8.77. The van der Waals surface area contributed by atoms with Crippen molar-refractivity contribution in [2.75, 3.05) is 6.61 Å². The molecule has 1 nitrogen and oxygen atoms in total. The summed E-state index contributed by atoms with van der Waals surface area (Å²) in [4.78, 5) is 0. The highest BCUT2D eigenvalue weighted by Gasteiger charge is 2.04. The summed E-state index contributed by atoms with van der Waals surface area (Å²) in [5.41, 5.74) is 0. The molecule has 2 unspecified atom stereocenters. The van der Waals surface area contributed by atoms with Gasteiger partial charge >= 0.3 is 0 Å². The van der Waals surface area contributed by atoms with Crippen molar-refractivity contribution in [1.29, 1.82) is 0 Å². The molecule has 2 atom stereocenters. The lowest BCUT2D eigenvalue weighted by atomic mass is 9.93. The minimum Gasteiger partial charge on any atom is -0.396 e. The van der Waals surface area contributed by atoms with E-state index in [1.165, 1.54) is 141 Å². The third-order valence-electron chi connectivity index (χ3n) is 7.05. The molecule has 0 aliphatic heterocycles. The topological polar surface area (TPSA) is 20.2 Å². The number of hydrogen-bond donors (Lipinski definition) is 1. The van der Waals surface area contributed by atoms with Crippen molar-refractivity contribution in [3.8, 4) is 0 Å². The zero-order valence-electron chi connectivity index (χ0n) is 21.6. The van der Waals surface area contributed by atoms with Gasteiger partial charge in [0.25, 0.3) is 0 Å². The monoisotopic (exact) mass is 424 g/mol. The predicted octanol–water partition coefficient (Wildman–Crippen LogP) is 10.2. The molecule has 0 bridgehead atoms. The summed E-state index contributed by atoms with van der Waals surface area (Å²) in [5, 5.41) is 8.77. The molecule has 0 aliphatic rings. The van der Waals surface area contributed by atoms with E-state index in [-0.39, 0.29) is 0 Å². The van der Waals surface area contributed by atoms with Gasteiger partial charge in [0.1, 0.15) is 0 Å². The van der Waals surface area contributed by atoms with Crippen molar-refractivity contribution in [2.45, 2.75) is 168 Å². The summed E-state index contributed by atoms with van der Waals surface area (Å²) in [7, 11) is 0. The molecule has 0 saturated carbocycles. The highest BCUT2D eigenvalue weighted by Crippen LogP contribution is 2.21. The largest absolute Gasteiger partial charge is 0.396 e. The van der Waals surface area contributed by atoms with Crippen molar-refractivity contribution < 1.29 is 5.11 Å². The number of hydrogen-bond acceptors (Lipinski definition) is 1. The van der Waals surface area contributed by atoms with E-state index < -0.39 is 0 Å². The summed E-state index contributed by atoms with van der Waals surface area (Å²) in [6.07, 6.45) is 32.4. The molecule has 0 amide bonds. The molecule has 0 radical (unpaired) electrons. The van der Waals surface area contributed by atoms with E-state index in [0.717, 1.165) is 18.3 Å². The molecule has 0 heterocycles. The van der Waals surface area contributed by atoms with Gasteiger partial charge in [-0.3, -0.25) is 0 Å². The number of aliphatic hydroxyl groups excluding tert-OH is 1. The molecule has 0 aromatic carbocycles. The SMILES string of the molecule is CCCCCCCC(C)CCCCCC(C)CCCCCCCCCCCCCO. The quantitative estimate of drug-likeness (QED) is 0.144. The molecule has 182 valence electrons. The van der Waals surface area contributed by atoms with Crippen LogP contribution in [-0.2, 0) is 0 Å². The molecule has 1 heteroatoms. The molecule has 0 aliphatic carbocycles. The Hall–Kier alpha value is -0.0400. The summed E-state index contributed by atoms with van der Waals surface area (Å²) in [5.74, 6) is 1.90. The van der Waals surface area contributed by atoms with Gasteiger partial charge in [-0.1, -0.05) is 162 Å². The van der Waals surface area contributed by atoms with Crippen LogP contribution in [0.15, 0.2) is 0 Å². The Labute approximate surface area is 192 Å². The van der Waals surface area contributed by atoms with E-state index >= 15 is 0 Å². The Kier molecular flexibility index (Phi) is 25.2. The van der Waals surface area contributed by atoms with Crippen LogP contribution >= 0.6 is 0 Å². The maximum atomic E-state index is 8.77. The summed E-state index contributed by atoms with van der Waals surface area (Å²) < 4.78 is 0. The van der Waals surface area contributed by atoms with Crippen LogP contribution in [0.2, 0.25) is 0 Å². The van der Waals surface area contributed by atoms with Gasteiger partial charge in [-0.15, -0.1) is 0 Å². The number of unbranched alkanes of at least 4 members (excludes halogenated alkanes) is 16. The first kappa shape index (κ1) is 30.0.